The summed E-state index contributed by atoms with van der Waals surface area (Å²) in [5, 5.41) is 2.78. The Kier molecular flexibility index (Phi) is 4.65. The van der Waals surface area contributed by atoms with Gasteiger partial charge in [-0.05, 0) is 57.0 Å². The summed E-state index contributed by atoms with van der Waals surface area (Å²) in [6.45, 7) is 4.98. The number of likely N-dealkylation sites (tertiary alicyclic amines) is 1. The van der Waals surface area contributed by atoms with Crippen molar-refractivity contribution in [3.8, 4) is 0 Å². The van der Waals surface area contributed by atoms with Crippen LogP contribution in [0.3, 0.4) is 0 Å². The van der Waals surface area contributed by atoms with E-state index in [4.69, 9.17) is 5.73 Å². The zero-order chi connectivity index (χ0) is 14.6. The van der Waals surface area contributed by atoms with Crippen LogP contribution in [0, 0.1) is 5.41 Å². The third-order valence-electron chi connectivity index (χ3n) is 4.22. The molecule has 4 nitrogen and oxygen atoms in total. The van der Waals surface area contributed by atoms with Crippen LogP contribution in [0.1, 0.15) is 25.3 Å². The number of carbonyl (C=O) groups excluding carboxylic acids is 1. The molecule has 4 heteroatoms. The molecule has 1 atom stereocenters. The predicted molar refractivity (Wildman–Crippen MR) is 82.4 cm³/mol. The molecule has 1 unspecified atom stereocenters. The average molecular weight is 275 g/mol. The number of nitrogen functional groups attached to an aromatic ring is 1. The van der Waals surface area contributed by atoms with Crippen LogP contribution in [0.15, 0.2) is 24.3 Å². The molecule has 1 aliphatic heterocycles. The van der Waals surface area contributed by atoms with Gasteiger partial charge in [0.15, 0.2) is 0 Å². The molecule has 2 rings (SSSR count). The molecular weight excluding hydrogens is 250 g/mol. The van der Waals surface area contributed by atoms with Crippen molar-refractivity contribution < 1.29 is 4.79 Å². The second-order valence-electron chi connectivity index (χ2n) is 6.01. The molecule has 1 aliphatic rings. The Morgan fingerprint density at radius 1 is 1.50 bits per heavy atom. The second-order valence-corrected chi connectivity index (χ2v) is 6.01. The van der Waals surface area contributed by atoms with E-state index in [0.29, 0.717) is 0 Å². The largest absolute Gasteiger partial charge is 0.399 e. The number of nitrogens with two attached hydrogens (primary N) is 1. The normalized spacial score (nSPS) is 22.9. The molecule has 110 valence electrons. The molecule has 0 saturated carbocycles. The summed E-state index contributed by atoms with van der Waals surface area (Å²) < 4.78 is 0. The van der Waals surface area contributed by atoms with Gasteiger partial charge >= 0.3 is 0 Å². The summed E-state index contributed by atoms with van der Waals surface area (Å²) >= 11 is 0. The van der Waals surface area contributed by atoms with E-state index in [1.165, 1.54) is 5.56 Å². The maximum absolute atomic E-state index is 11.9. The van der Waals surface area contributed by atoms with Gasteiger partial charge in [0.05, 0.1) is 5.41 Å². The van der Waals surface area contributed by atoms with Gasteiger partial charge in [0.2, 0.25) is 5.91 Å². The minimum absolute atomic E-state index is 0.163. The quantitative estimate of drug-likeness (QED) is 0.804. The van der Waals surface area contributed by atoms with Gasteiger partial charge in [-0.25, -0.2) is 0 Å². The maximum Gasteiger partial charge on any atom is 0.227 e. The molecule has 1 fully saturated rings. The number of benzene rings is 1. The lowest BCUT2D eigenvalue weighted by Gasteiger charge is -2.22. The molecule has 0 bridgehead atoms. The fraction of sp³-hybridized carbons (Fsp3) is 0.562. The molecule has 1 amide bonds. The standard InChI is InChI=1S/C16H25N3O/c1-16(15(20)18-2)8-10-19(12-16)9-4-6-13-5-3-7-14(17)11-13/h3,5,7,11H,4,6,8-10,12,17H2,1-2H3,(H,18,20). The van der Waals surface area contributed by atoms with Crippen LogP contribution >= 0.6 is 0 Å². The first kappa shape index (κ1) is 14.9. The summed E-state index contributed by atoms with van der Waals surface area (Å²) in [5.41, 5.74) is 7.69. The van der Waals surface area contributed by atoms with Crippen molar-refractivity contribution in [2.45, 2.75) is 26.2 Å². The van der Waals surface area contributed by atoms with E-state index >= 15 is 0 Å². The topological polar surface area (TPSA) is 58.4 Å². The lowest BCUT2D eigenvalue weighted by Crippen LogP contribution is -2.39. The molecular formula is C16H25N3O. The third kappa shape index (κ3) is 3.51. The minimum Gasteiger partial charge on any atom is -0.399 e. The van der Waals surface area contributed by atoms with Crippen LogP contribution < -0.4 is 11.1 Å². The number of hydrogen-bond acceptors (Lipinski definition) is 3. The minimum atomic E-state index is -0.216. The number of hydrogen-bond donors (Lipinski definition) is 2. The fourth-order valence-corrected chi connectivity index (χ4v) is 2.99. The van der Waals surface area contributed by atoms with Gasteiger partial charge in [-0.2, -0.15) is 0 Å². The lowest BCUT2D eigenvalue weighted by atomic mass is 9.89. The number of nitrogens with zero attached hydrogens (tertiary/aromatic N) is 1. The van der Waals surface area contributed by atoms with Gasteiger partial charge < -0.3 is 16.0 Å². The lowest BCUT2D eigenvalue weighted by molar-refractivity contribution is -0.129. The van der Waals surface area contributed by atoms with Gasteiger partial charge in [0.1, 0.15) is 0 Å². The Morgan fingerprint density at radius 2 is 2.30 bits per heavy atom. The van der Waals surface area contributed by atoms with Gasteiger partial charge in [-0.1, -0.05) is 12.1 Å². The van der Waals surface area contributed by atoms with E-state index in [1.807, 2.05) is 18.2 Å². The predicted octanol–water partition coefficient (Wildman–Crippen LogP) is 1.66. The Hall–Kier alpha value is -1.55. The Labute approximate surface area is 121 Å². The third-order valence-corrected chi connectivity index (χ3v) is 4.22. The van der Waals surface area contributed by atoms with Crippen LogP contribution in [0.4, 0.5) is 5.69 Å². The molecule has 20 heavy (non-hydrogen) atoms. The highest BCUT2D eigenvalue weighted by atomic mass is 16.2. The highest BCUT2D eigenvalue weighted by Crippen LogP contribution is 2.30. The Balaban J connectivity index is 1.77. The molecule has 1 heterocycles. The Morgan fingerprint density at radius 3 is 3.00 bits per heavy atom. The number of anilines is 1. The SMILES string of the molecule is CNC(=O)C1(C)CCN(CCCc2cccc(N)c2)C1. The molecule has 1 saturated heterocycles. The first-order valence-electron chi connectivity index (χ1n) is 7.32. The number of nitrogens with one attached hydrogen (secondary N) is 1. The van der Waals surface area contributed by atoms with Crippen LogP contribution in [-0.2, 0) is 11.2 Å². The molecule has 3 N–H and O–H groups in total. The number of amides is 1. The van der Waals surface area contributed by atoms with Crippen molar-refractivity contribution in [2.75, 3.05) is 32.4 Å². The zero-order valence-electron chi connectivity index (χ0n) is 12.5. The van der Waals surface area contributed by atoms with E-state index < -0.39 is 0 Å². The monoisotopic (exact) mass is 275 g/mol. The van der Waals surface area contributed by atoms with Gasteiger partial charge in [-0.3, -0.25) is 4.79 Å². The van der Waals surface area contributed by atoms with E-state index in [2.05, 4.69) is 23.2 Å². The molecule has 1 aromatic rings. The molecule has 0 radical (unpaired) electrons. The summed E-state index contributed by atoms with van der Waals surface area (Å²) in [7, 11) is 1.72. The summed E-state index contributed by atoms with van der Waals surface area (Å²) in [4.78, 5) is 14.3. The molecule has 0 aromatic heterocycles. The first-order valence-corrected chi connectivity index (χ1v) is 7.32. The van der Waals surface area contributed by atoms with Crippen LogP contribution in [-0.4, -0.2) is 37.5 Å². The zero-order valence-corrected chi connectivity index (χ0v) is 12.5. The maximum atomic E-state index is 11.9. The van der Waals surface area contributed by atoms with E-state index in [1.54, 1.807) is 7.05 Å². The number of aryl methyl sites for hydroxylation is 1. The van der Waals surface area contributed by atoms with Crippen molar-refractivity contribution in [3.05, 3.63) is 29.8 Å². The van der Waals surface area contributed by atoms with Crippen molar-refractivity contribution in [1.82, 2.24) is 10.2 Å². The highest BCUT2D eigenvalue weighted by molar-refractivity contribution is 5.82. The van der Waals surface area contributed by atoms with Crippen molar-refractivity contribution in [2.24, 2.45) is 5.41 Å². The summed E-state index contributed by atoms with van der Waals surface area (Å²) in [6.07, 6.45) is 3.09. The molecule has 0 aliphatic carbocycles. The second kappa shape index (κ2) is 6.27. The van der Waals surface area contributed by atoms with Crippen molar-refractivity contribution >= 4 is 11.6 Å². The van der Waals surface area contributed by atoms with Gasteiger partial charge in [0, 0.05) is 19.3 Å². The molecule has 1 aromatic carbocycles. The smallest absolute Gasteiger partial charge is 0.227 e. The first-order chi connectivity index (χ1) is 9.53. The highest BCUT2D eigenvalue weighted by Gasteiger charge is 2.39. The van der Waals surface area contributed by atoms with Crippen molar-refractivity contribution in [1.29, 1.82) is 0 Å². The van der Waals surface area contributed by atoms with Crippen LogP contribution in [0.5, 0.6) is 0 Å². The van der Waals surface area contributed by atoms with Crippen LogP contribution in [0.2, 0.25) is 0 Å². The van der Waals surface area contributed by atoms with Gasteiger partial charge in [0.25, 0.3) is 0 Å². The number of carbonyl (C=O) groups is 1. The van der Waals surface area contributed by atoms with E-state index in [0.717, 1.165) is 44.6 Å². The fourth-order valence-electron chi connectivity index (χ4n) is 2.99. The number of rotatable bonds is 5. The van der Waals surface area contributed by atoms with E-state index in [-0.39, 0.29) is 11.3 Å². The van der Waals surface area contributed by atoms with Crippen LogP contribution in [0.25, 0.3) is 0 Å². The average Bonchev–Trinajstić information content (AvgIpc) is 2.81. The van der Waals surface area contributed by atoms with Crippen molar-refractivity contribution in [3.63, 3.8) is 0 Å². The Bertz CT molecular complexity index is 475. The molecule has 0 spiro atoms. The van der Waals surface area contributed by atoms with E-state index in [9.17, 15) is 4.79 Å². The van der Waals surface area contributed by atoms with Gasteiger partial charge in [-0.15, -0.1) is 0 Å². The summed E-state index contributed by atoms with van der Waals surface area (Å²) in [6, 6.07) is 8.08. The summed E-state index contributed by atoms with van der Waals surface area (Å²) in [5.74, 6) is 0.163.